The van der Waals surface area contributed by atoms with Crippen molar-refractivity contribution in [1.82, 2.24) is 9.97 Å². The van der Waals surface area contributed by atoms with Crippen molar-refractivity contribution < 1.29 is 0 Å². The summed E-state index contributed by atoms with van der Waals surface area (Å²) in [6.45, 7) is 2.70. The maximum absolute atomic E-state index is 5.52. The second-order valence-corrected chi connectivity index (χ2v) is 4.03. The van der Waals surface area contributed by atoms with Crippen LogP contribution in [0.1, 0.15) is 42.4 Å². The van der Waals surface area contributed by atoms with E-state index >= 15 is 0 Å². The molecule has 1 aromatic rings. The Labute approximate surface area is 84.8 Å². The molecule has 1 aromatic heterocycles. The summed E-state index contributed by atoms with van der Waals surface area (Å²) in [4.78, 5) is 9.04. The highest BCUT2D eigenvalue weighted by Crippen LogP contribution is 2.34. The maximum atomic E-state index is 5.52. The molecule has 2 rings (SSSR count). The molecule has 1 aliphatic carbocycles. The highest BCUT2D eigenvalue weighted by molar-refractivity contribution is 5.13. The number of rotatable bonds is 3. The zero-order valence-corrected chi connectivity index (χ0v) is 8.66. The van der Waals surface area contributed by atoms with E-state index in [1.165, 1.54) is 19.3 Å². The fraction of sp³-hybridized carbons (Fsp3) is 0.636. The minimum Gasteiger partial charge on any atom is -0.330 e. The molecule has 0 bridgehead atoms. The first kappa shape index (κ1) is 9.59. The van der Waals surface area contributed by atoms with E-state index in [0.717, 1.165) is 23.6 Å². The van der Waals surface area contributed by atoms with Gasteiger partial charge in [-0.2, -0.15) is 0 Å². The molecule has 0 atom stereocenters. The fourth-order valence-corrected chi connectivity index (χ4v) is 1.78. The van der Waals surface area contributed by atoms with E-state index in [2.05, 4.69) is 9.97 Å². The molecule has 0 unspecified atom stereocenters. The molecule has 76 valence electrons. The normalized spacial score (nSPS) is 16.7. The highest BCUT2D eigenvalue weighted by Gasteiger charge is 2.22. The van der Waals surface area contributed by atoms with Gasteiger partial charge in [0.15, 0.2) is 0 Å². The molecule has 1 heterocycles. The summed E-state index contributed by atoms with van der Waals surface area (Å²) in [5.74, 6) is 1.66. The van der Waals surface area contributed by atoms with Crippen LogP contribution in [-0.2, 0) is 6.42 Å². The zero-order valence-electron chi connectivity index (χ0n) is 8.66. The monoisotopic (exact) mass is 191 g/mol. The van der Waals surface area contributed by atoms with Gasteiger partial charge in [-0.05, 0) is 32.4 Å². The Balaban J connectivity index is 2.21. The second-order valence-electron chi connectivity index (χ2n) is 4.03. The van der Waals surface area contributed by atoms with Gasteiger partial charge in [-0.25, -0.2) is 9.97 Å². The smallest absolute Gasteiger partial charge is 0.131 e. The van der Waals surface area contributed by atoms with Gasteiger partial charge in [0.2, 0.25) is 0 Å². The molecule has 0 spiro atoms. The van der Waals surface area contributed by atoms with E-state index in [9.17, 15) is 0 Å². The fourth-order valence-electron chi connectivity index (χ4n) is 1.78. The number of nitrogens with two attached hydrogens (primary N) is 1. The summed E-state index contributed by atoms with van der Waals surface area (Å²) in [7, 11) is 0. The van der Waals surface area contributed by atoms with Crippen LogP contribution in [-0.4, -0.2) is 16.5 Å². The van der Waals surface area contributed by atoms with E-state index in [4.69, 9.17) is 5.73 Å². The van der Waals surface area contributed by atoms with Gasteiger partial charge >= 0.3 is 0 Å². The number of aryl methyl sites for hydroxylation is 1. The lowest BCUT2D eigenvalue weighted by atomic mass is 9.85. The molecule has 1 fully saturated rings. The quantitative estimate of drug-likeness (QED) is 0.788. The van der Waals surface area contributed by atoms with Gasteiger partial charge in [-0.3, -0.25) is 0 Å². The molecule has 0 amide bonds. The zero-order chi connectivity index (χ0) is 9.97. The number of nitrogens with zero attached hydrogens (tertiary/aromatic N) is 2. The van der Waals surface area contributed by atoms with Gasteiger partial charge in [0.05, 0.1) is 0 Å². The van der Waals surface area contributed by atoms with Gasteiger partial charge in [-0.1, -0.05) is 6.42 Å². The molecule has 1 saturated carbocycles. The van der Waals surface area contributed by atoms with Gasteiger partial charge in [0.1, 0.15) is 5.82 Å². The lowest BCUT2D eigenvalue weighted by Gasteiger charge is -2.24. The number of hydrogen-bond acceptors (Lipinski definition) is 3. The van der Waals surface area contributed by atoms with Gasteiger partial charge in [-0.15, -0.1) is 0 Å². The van der Waals surface area contributed by atoms with Crippen molar-refractivity contribution in [3.05, 3.63) is 23.3 Å². The Kier molecular flexibility index (Phi) is 2.77. The Morgan fingerprint density at radius 1 is 1.43 bits per heavy atom. The summed E-state index contributed by atoms with van der Waals surface area (Å²) in [5, 5.41) is 0. The third-order valence-corrected chi connectivity index (χ3v) is 2.80. The van der Waals surface area contributed by atoms with Crippen LogP contribution in [0, 0.1) is 6.92 Å². The molecule has 0 saturated heterocycles. The van der Waals surface area contributed by atoms with Crippen LogP contribution in [0.25, 0.3) is 0 Å². The standard InChI is InChI=1S/C11H17N3/c1-8-7-10(5-6-12)14-11(13-8)9-3-2-4-9/h7,9H,2-6,12H2,1H3. The maximum Gasteiger partial charge on any atom is 0.131 e. The highest BCUT2D eigenvalue weighted by atomic mass is 14.9. The van der Waals surface area contributed by atoms with Gasteiger partial charge < -0.3 is 5.73 Å². The first-order valence-electron chi connectivity index (χ1n) is 5.34. The van der Waals surface area contributed by atoms with Crippen molar-refractivity contribution in [1.29, 1.82) is 0 Å². The molecule has 1 aliphatic rings. The Morgan fingerprint density at radius 2 is 2.21 bits per heavy atom. The van der Waals surface area contributed by atoms with Crippen molar-refractivity contribution >= 4 is 0 Å². The predicted octanol–water partition coefficient (Wildman–Crippen LogP) is 1.55. The molecule has 0 radical (unpaired) electrons. The third kappa shape index (κ3) is 1.93. The molecule has 2 N–H and O–H groups in total. The number of hydrogen-bond donors (Lipinski definition) is 1. The minimum atomic E-state index is 0.617. The summed E-state index contributed by atoms with van der Waals surface area (Å²) in [6, 6.07) is 2.04. The predicted molar refractivity (Wildman–Crippen MR) is 56.1 cm³/mol. The van der Waals surface area contributed by atoms with E-state index in [1.54, 1.807) is 0 Å². The van der Waals surface area contributed by atoms with Crippen molar-refractivity contribution in [3.8, 4) is 0 Å². The molecular weight excluding hydrogens is 174 g/mol. The first-order valence-corrected chi connectivity index (χ1v) is 5.34. The van der Waals surface area contributed by atoms with Crippen LogP contribution in [0.15, 0.2) is 6.07 Å². The topological polar surface area (TPSA) is 51.8 Å². The van der Waals surface area contributed by atoms with Crippen LogP contribution in [0.3, 0.4) is 0 Å². The molecule has 3 nitrogen and oxygen atoms in total. The van der Waals surface area contributed by atoms with E-state index in [1.807, 2.05) is 13.0 Å². The van der Waals surface area contributed by atoms with Crippen LogP contribution < -0.4 is 5.73 Å². The summed E-state index contributed by atoms with van der Waals surface area (Å²) in [5.41, 5.74) is 7.70. The van der Waals surface area contributed by atoms with Crippen LogP contribution in [0.2, 0.25) is 0 Å². The van der Waals surface area contributed by atoms with Gasteiger partial charge in [0, 0.05) is 23.7 Å². The summed E-state index contributed by atoms with van der Waals surface area (Å²) >= 11 is 0. The SMILES string of the molecule is Cc1cc(CCN)nc(C2CCC2)n1. The number of aromatic nitrogens is 2. The first-order chi connectivity index (χ1) is 6.79. The van der Waals surface area contributed by atoms with E-state index in [-0.39, 0.29) is 0 Å². The average molecular weight is 191 g/mol. The van der Waals surface area contributed by atoms with Crippen LogP contribution in [0.4, 0.5) is 0 Å². The van der Waals surface area contributed by atoms with Crippen molar-refractivity contribution in [3.63, 3.8) is 0 Å². The largest absolute Gasteiger partial charge is 0.330 e. The summed E-state index contributed by atoms with van der Waals surface area (Å²) < 4.78 is 0. The lowest BCUT2D eigenvalue weighted by Crippen LogP contribution is -2.15. The van der Waals surface area contributed by atoms with Crippen LogP contribution in [0.5, 0.6) is 0 Å². The third-order valence-electron chi connectivity index (χ3n) is 2.80. The molecule has 3 heteroatoms. The van der Waals surface area contributed by atoms with E-state index < -0.39 is 0 Å². The van der Waals surface area contributed by atoms with Crippen molar-refractivity contribution in [2.24, 2.45) is 5.73 Å². The summed E-state index contributed by atoms with van der Waals surface area (Å²) in [6.07, 6.45) is 4.70. The average Bonchev–Trinajstić information content (AvgIpc) is 1.99. The minimum absolute atomic E-state index is 0.617. The Hall–Kier alpha value is -0.960. The van der Waals surface area contributed by atoms with Gasteiger partial charge in [0.25, 0.3) is 0 Å². The van der Waals surface area contributed by atoms with E-state index in [0.29, 0.717) is 12.5 Å². The molecule has 14 heavy (non-hydrogen) atoms. The van der Waals surface area contributed by atoms with Crippen molar-refractivity contribution in [2.45, 2.75) is 38.5 Å². The lowest BCUT2D eigenvalue weighted by molar-refractivity contribution is 0.399. The Bertz CT molecular complexity index is 318. The second kappa shape index (κ2) is 4.05. The molecule has 0 aromatic carbocycles. The van der Waals surface area contributed by atoms with Crippen LogP contribution >= 0.6 is 0 Å². The molecule has 0 aliphatic heterocycles. The molecular formula is C11H17N3. The van der Waals surface area contributed by atoms with Crippen molar-refractivity contribution in [2.75, 3.05) is 6.54 Å². The Morgan fingerprint density at radius 3 is 2.79 bits per heavy atom.